The van der Waals surface area contributed by atoms with Gasteiger partial charge in [-0.05, 0) is 19.1 Å². The molecule has 0 bridgehead atoms. The number of nitrogens with zero attached hydrogens (tertiary/aromatic N) is 1. The molecule has 1 rings (SSSR count). The Bertz CT molecular complexity index is 373. The molecule has 0 aromatic heterocycles. The Morgan fingerprint density at radius 1 is 1.64 bits per heavy atom. The molecule has 0 unspecified atom stereocenters. The van der Waals surface area contributed by atoms with E-state index in [-0.39, 0.29) is 11.7 Å². The van der Waals surface area contributed by atoms with E-state index in [0.29, 0.717) is 5.56 Å². The molecule has 5 heteroatoms. The van der Waals surface area contributed by atoms with Gasteiger partial charge in [-0.1, -0.05) is 11.6 Å². The maximum Gasteiger partial charge on any atom is 0.206 e. The fourth-order valence-electron chi connectivity index (χ4n) is 0.949. The number of hydrazone groups is 1. The van der Waals surface area contributed by atoms with Crippen LogP contribution in [0.25, 0.3) is 0 Å². The minimum absolute atomic E-state index is 0.143. The van der Waals surface area contributed by atoms with Gasteiger partial charge in [0.05, 0.1) is 6.21 Å². The Morgan fingerprint density at radius 2 is 2.36 bits per heavy atom. The second-order valence-electron chi connectivity index (χ2n) is 2.85. The number of rotatable bonds is 2. The van der Waals surface area contributed by atoms with Gasteiger partial charge in [0.1, 0.15) is 5.75 Å². The molecule has 0 atom stereocenters. The number of nitrogens with two attached hydrogens (primary N) is 1. The van der Waals surface area contributed by atoms with Crippen molar-refractivity contribution in [2.45, 2.75) is 6.92 Å². The van der Waals surface area contributed by atoms with Crippen molar-refractivity contribution in [3.05, 3.63) is 29.3 Å². The van der Waals surface area contributed by atoms with Gasteiger partial charge in [0, 0.05) is 5.56 Å². The van der Waals surface area contributed by atoms with E-state index in [4.69, 9.17) is 11.1 Å². The molecule has 0 aliphatic heterocycles. The second-order valence-corrected chi connectivity index (χ2v) is 2.85. The zero-order chi connectivity index (χ0) is 10.6. The van der Waals surface area contributed by atoms with E-state index in [0.717, 1.165) is 5.56 Å². The Hall–Kier alpha value is -2.04. The van der Waals surface area contributed by atoms with E-state index >= 15 is 0 Å². The number of aromatic hydroxyl groups is 1. The standard InChI is InChI=1S/C9H12N4O/c1-6-2-3-8(14)7(4-6)5-12-13-9(10)11/h2-5,14H,1H3,(H4,10,11,13)/b12-5+. The molecule has 0 amide bonds. The highest BCUT2D eigenvalue weighted by molar-refractivity contribution is 5.85. The Kier molecular flexibility index (Phi) is 3.06. The second kappa shape index (κ2) is 4.27. The average molecular weight is 192 g/mol. The minimum atomic E-state index is -0.242. The topological polar surface area (TPSA) is 94.5 Å². The SMILES string of the molecule is Cc1ccc(O)c(/C=N/NC(=N)N)c1. The van der Waals surface area contributed by atoms with Crippen LogP contribution in [0.15, 0.2) is 23.3 Å². The summed E-state index contributed by atoms with van der Waals surface area (Å²) in [7, 11) is 0. The van der Waals surface area contributed by atoms with Gasteiger partial charge in [-0.25, -0.2) is 5.43 Å². The number of benzene rings is 1. The number of hydrogen-bond acceptors (Lipinski definition) is 3. The zero-order valence-corrected chi connectivity index (χ0v) is 7.78. The van der Waals surface area contributed by atoms with E-state index < -0.39 is 0 Å². The molecule has 0 saturated heterocycles. The molecular formula is C9H12N4O. The Morgan fingerprint density at radius 3 is 3.00 bits per heavy atom. The third kappa shape index (κ3) is 2.78. The van der Waals surface area contributed by atoms with Crippen molar-refractivity contribution < 1.29 is 5.11 Å². The van der Waals surface area contributed by atoms with Gasteiger partial charge < -0.3 is 10.8 Å². The van der Waals surface area contributed by atoms with Gasteiger partial charge in [-0.2, -0.15) is 5.10 Å². The summed E-state index contributed by atoms with van der Waals surface area (Å²) in [6.07, 6.45) is 1.41. The van der Waals surface area contributed by atoms with Crippen LogP contribution in [0.1, 0.15) is 11.1 Å². The van der Waals surface area contributed by atoms with Crippen LogP contribution in [0, 0.1) is 12.3 Å². The van der Waals surface area contributed by atoms with Crippen molar-refractivity contribution in [1.29, 1.82) is 5.41 Å². The predicted molar refractivity (Wildman–Crippen MR) is 55.5 cm³/mol. The van der Waals surface area contributed by atoms with E-state index in [1.165, 1.54) is 6.21 Å². The summed E-state index contributed by atoms with van der Waals surface area (Å²) >= 11 is 0. The van der Waals surface area contributed by atoms with Crippen molar-refractivity contribution in [2.75, 3.05) is 0 Å². The molecule has 5 N–H and O–H groups in total. The van der Waals surface area contributed by atoms with Gasteiger partial charge in [-0.3, -0.25) is 5.41 Å². The number of hydrogen-bond donors (Lipinski definition) is 4. The lowest BCUT2D eigenvalue weighted by Gasteiger charge is -2.00. The summed E-state index contributed by atoms with van der Waals surface area (Å²) in [6, 6.07) is 5.16. The molecule has 0 aliphatic carbocycles. The van der Waals surface area contributed by atoms with Crippen LogP contribution < -0.4 is 11.2 Å². The van der Waals surface area contributed by atoms with Crippen molar-refractivity contribution in [1.82, 2.24) is 5.43 Å². The number of phenolic OH excluding ortho intramolecular Hbond substituents is 1. The lowest BCUT2D eigenvalue weighted by Crippen LogP contribution is -2.25. The van der Waals surface area contributed by atoms with E-state index in [1.54, 1.807) is 18.2 Å². The quantitative estimate of drug-likeness (QED) is 0.312. The first-order valence-corrected chi connectivity index (χ1v) is 4.02. The molecule has 0 radical (unpaired) electrons. The molecule has 1 aromatic rings. The monoisotopic (exact) mass is 192 g/mol. The van der Waals surface area contributed by atoms with Crippen LogP contribution in [0.4, 0.5) is 0 Å². The first-order valence-electron chi connectivity index (χ1n) is 4.02. The molecule has 5 nitrogen and oxygen atoms in total. The molecule has 1 aromatic carbocycles. The summed E-state index contributed by atoms with van der Waals surface area (Å²) in [4.78, 5) is 0. The van der Waals surface area contributed by atoms with Crippen LogP contribution in [0.5, 0.6) is 5.75 Å². The van der Waals surface area contributed by atoms with E-state index in [9.17, 15) is 5.11 Å². The fraction of sp³-hybridized carbons (Fsp3) is 0.111. The number of aryl methyl sites for hydroxylation is 1. The van der Waals surface area contributed by atoms with Gasteiger partial charge in [0.2, 0.25) is 5.96 Å². The van der Waals surface area contributed by atoms with Crippen molar-refractivity contribution in [2.24, 2.45) is 10.8 Å². The first kappa shape index (κ1) is 10.0. The largest absolute Gasteiger partial charge is 0.507 e. The average Bonchev–Trinajstić information content (AvgIpc) is 2.10. The smallest absolute Gasteiger partial charge is 0.206 e. The maximum atomic E-state index is 9.40. The Labute approximate surface area is 81.8 Å². The summed E-state index contributed by atoms with van der Waals surface area (Å²) in [5.74, 6) is -0.0990. The molecule has 0 aliphatic rings. The van der Waals surface area contributed by atoms with Crippen LogP contribution in [-0.2, 0) is 0 Å². The highest BCUT2D eigenvalue weighted by Gasteiger charge is 1.97. The third-order valence-corrected chi connectivity index (χ3v) is 1.57. The zero-order valence-electron chi connectivity index (χ0n) is 7.78. The van der Waals surface area contributed by atoms with Crippen molar-refractivity contribution in [3.63, 3.8) is 0 Å². The fourth-order valence-corrected chi connectivity index (χ4v) is 0.949. The lowest BCUT2D eigenvalue weighted by molar-refractivity contribution is 0.474. The molecule has 0 heterocycles. The van der Waals surface area contributed by atoms with Gasteiger partial charge in [-0.15, -0.1) is 0 Å². The van der Waals surface area contributed by atoms with Crippen LogP contribution in [-0.4, -0.2) is 17.3 Å². The summed E-state index contributed by atoms with van der Waals surface area (Å²) < 4.78 is 0. The van der Waals surface area contributed by atoms with Crippen molar-refractivity contribution in [3.8, 4) is 5.75 Å². The highest BCUT2D eigenvalue weighted by atomic mass is 16.3. The molecule has 0 fully saturated rings. The number of nitrogens with one attached hydrogen (secondary N) is 2. The highest BCUT2D eigenvalue weighted by Crippen LogP contribution is 2.15. The minimum Gasteiger partial charge on any atom is -0.507 e. The molecule has 74 valence electrons. The number of guanidine groups is 1. The van der Waals surface area contributed by atoms with Crippen molar-refractivity contribution >= 4 is 12.2 Å². The summed E-state index contributed by atoms with van der Waals surface area (Å²) in [5.41, 5.74) is 8.88. The molecular weight excluding hydrogens is 180 g/mol. The van der Waals surface area contributed by atoms with Gasteiger partial charge in [0.15, 0.2) is 0 Å². The van der Waals surface area contributed by atoms with E-state index in [1.807, 2.05) is 6.92 Å². The van der Waals surface area contributed by atoms with E-state index in [2.05, 4.69) is 10.5 Å². The van der Waals surface area contributed by atoms with Crippen LogP contribution in [0.2, 0.25) is 0 Å². The van der Waals surface area contributed by atoms with Crippen LogP contribution in [0.3, 0.4) is 0 Å². The lowest BCUT2D eigenvalue weighted by atomic mass is 10.1. The molecule has 0 spiro atoms. The summed E-state index contributed by atoms with van der Waals surface area (Å²) in [6.45, 7) is 1.91. The normalized spacial score (nSPS) is 10.4. The third-order valence-electron chi connectivity index (χ3n) is 1.57. The van der Waals surface area contributed by atoms with Gasteiger partial charge in [0.25, 0.3) is 0 Å². The number of phenols is 1. The summed E-state index contributed by atoms with van der Waals surface area (Å²) in [5, 5.41) is 19.9. The first-order chi connectivity index (χ1) is 6.59. The Balaban J connectivity index is 2.80. The van der Waals surface area contributed by atoms with Crippen LogP contribution >= 0.6 is 0 Å². The molecule has 14 heavy (non-hydrogen) atoms. The molecule has 0 saturated carbocycles. The van der Waals surface area contributed by atoms with Gasteiger partial charge >= 0.3 is 0 Å². The predicted octanol–water partition coefficient (Wildman–Crippen LogP) is 0.518. The maximum absolute atomic E-state index is 9.40.